The lowest BCUT2D eigenvalue weighted by Crippen LogP contribution is -2.17. The van der Waals surface area contributed by atoms with Gasteiger partial charge in [-0.25, -0.2) is 0 Å². The Bertz CT molecular complexity index is 1760. The van der Waals surface area contributed by atoms with E-state index in [1.54, 1.807) is 0 Å². The van der Waals surface area contributed by atoms with Crippen LogP contribution in [0.25, 0.3) is 44.5 Å². The lowest BCUT2D eigenvalue weighted by Gasteiger charge is -2.30. The topological polar surface area (TPSA) is 3.24 Å². The molecule has 0 aliphatic heterocycles. The van der Waals surface area contributed by atoms with Crippen molar-refractivity contribution in [3.8, 4) is 44.5 Å². The smallest absolute Gasteiger partial charge is 0.0465 e. The Morgan fingerprint density at radius 2 is 0.791 bits per heavy atom. The number of allylic oxidation sites excluding steroid dienone is 4. The van der Waals surface area contributed by atoms with Crippen molar-refractivity contribution in [1.82, 2.24) is 0 Å². The third-order valence-corrected chi connectivity index (χ3v) is 8.14. The van der Waals surface area contributed by atoms with Crippen LogP contribution < -0.4 is 4.90 Å². The van der Waals surface area contributed by atoms with Crippen LogP contribution in [0, 0.1) is 0 Å². The highest BCUT2D eigenvalue weighted by Crippen LogP contribution is 2.42. The van der Waals surface area contributed by atoms with Gasteiger partial charge in [-0.2, -0.15) is 0 Å². The molecule has 6 aromatic rings. The summed E-state index contributed by atoms with van der Waals surface area (Å²) in [5.74, 6) is 0. The fourth-order valence-electron chi connectivity index (χ4n) is 6.05. The van der Waals surface area contributed by atoms with Gasteiger partial charge in [0.1, 0.15) is 0 Å². The van der Waals surface area contributed by atoms with E-state index in [2.05, 4.69) is 181 Å². The van der Waals surface area contributed by atoms with Crippen LogP contribution in [0.5, 0.6) is 0 Å². The Morgan fingerprint density at radius 1 is 0.395 bits per heavy atom. The molecule has 7 rings (SSSR count). The summed E-state index contributed by atoms with van der Waals surface area (Å²) in [5, 5.41) is 0. The maximum Gasteiger partial charge on any atom is 0.0465 e. The summed E-state index contributed by atoms with van der Waals surface area (Å²) in [6, 6.07) is 56.8. The van der Waals surface area contributed by atoms with Crippen molar-refractivity contribution in [2.45, 2.75) is 12.8 Å². The van der Waals surface area contributed by atoms with Crippen molar-refractivity contribution < 1.29 is 0 Å². The van der Waals surface area contributed by atoms with Crippen molar-refractivity contribution >= 4 is 11.4 Å². The van der Waals surface area contributed by atoms with E-state index in [0.717, 1.165) is 24.2 Å². The monoisotopic (exact) mass is 551 g/mol. The van der Waals surface area contributed by atoms with Crippen LogP contribution in [0.1, 0.15) is 12.8 Å². The molecule has 0 heterocycles. The van der Waals surface area contributed by atoms with E-state index in [1.165, 1.54) is 50.2 Å². The predicted octanol–water partition coefficient (Wildman–Crippen LogP) is 11.7. The van der Waals surface area contributed by atoms with Gasteiger partial charge in [0.15, 0.2) is 0 Å². The molecular weight excluding hydrogens is 518 g/mol. The van der Waals surface area contributed by atoms with Gasteiger partial charge >= 0.3 is 0 Å². The van der Waals surface area contributed by atoms with Crippen LogP contribution >= 0.6 is 0 Å². The maximum absolute atomic E-state index is 2.45. The Hall–Kier alpha value is -5.40. The van der Waals surface area contributed by atoms with Crippen LogP contribution in [0.4, 0.5) is 11.4 Å². The molecule has 0 atom stereocenters. The standard InChI is InChI=1S/C42H33N/c1-6-16-32(17-7-1)39-28-26-37(30-41(39)34-20-10-3-11-21-34)43(36-24-14-5-15-25-36)38-27-29-40(33-18-8-2-9-19-33)42(31-38)35-22-12-4-13-23-35/h1-14,16-24,26-31H,15,25H2. The summed E-state index contributed by atoms with van der Waals surface area (Å²) in [5.41, 5.74) is 13.4. The van der Waals surface area contributed by atoms with Gasteiger partial charge in [-0.05, 0) is 87.7 Å². The first-order chi connectivity index (χ1) is 21.3. The highest BCUT2D eigenvalue weighted by Gasteiger charge is 2.20. The third-order valence-electron chi connectivity index (χ3n) is 8.14. The Balaban J connectivity index is 1.43. The zero-order valence-electron chi connectivity index (χ0n) is 24.1. The first kappa shape index (κ1) is 26.5. The summed E-state index contributed by atoms with van der Waals surface area (Å²) >= 11 is 0. The minimum Gasteiger partial charge on any atom is -0.314 e. The number of benzene rings is 6. The number of anilines is 2. The molecule has 0 unspecified atom stereocenters. The van der Waals surface area contributed by atoms with Crippen LogP contribution in [0.3, 0.4) is 0 Å². The Labute approximate surface area is 254 Å². The van der Waals surface area contributed by atoms with Crippen molar-refractivity contribution in [3.63, 3.8) is 0 Å². The number of hydrogen-bond acceptors (Lipinski definition) is 1. The average Bonchev–Trinajstić information content (AvgIpc) is 3.10. The van der Waals surface area contributed by atoms with Gasteiger partial charge in [0.05, 0.1) is 0 Å². The fraction of sp³-hybridized carbons (Fsp3) is 0.0476. The van der Waals surface area contributed by atoms with Gasteiger partial charge in [0.2, 0.25) is 0 Å². The molecule has 0 saturated heterocycles. The molecule has 0 radical (unpaired) electrons. The average molecular weight is 552 g/mol. The summed E-state index contributed by atoms with van der Waals surface area (Å²) in [4.78, 5) is 2.45. The van der Waals surface area contributed by atoms with Gasteiger partial charge in [-0.1, -0.05) is 146 Å². The molecule has 1 aliphatic carbocycles. The Kier molecular flexibility index (Phi) is 7.53. The van der Waals surface area contributed by atoms with E-state index in [9.17, 15) is 0 Å². The van der Waals surface area contributed by atoms with Gasteiger partial charge in [0, 0.05) is 17.1 Å². The molecule has 0 amide bonds. The highest BCUT2D eigenvalue weighted by atomic mass is 15.1. The molecule has 1 aliphatic rings. The summed E-state index contributed by atoms with van der Waals surface area (Å²) in [6.07, 6.45) is 8.73. The zero-order chi connectivity index (χ0) is 28.8. The van der Waals surface area contributed by atoms with Gasteiger partial charge < -0.3 is 4.90 Å². The van der Waals surface area contributed by atoms with Crippen LogP contribution in [-0.4, -0.2) is 0 Å². The highest BCUT2D eigenvalue weighted by molar-refractivity contribution is 5.90. The van der Waals surface area contributed by atoms with E-state index in [4.69, 9.17) is 0 Å². The summed E-state index contributed by atoms with van der Waals surface area (Å²) < 4.78 is 0. The minimum absolute atomic E-state index is 0.985. The van der Waals surface area contributed by atoms with Gasteiger partial charge in [-0.15, -0.1) is 0 Å². The van der Waals surface area contributed by atoms with E-state index in [0.29, 0.717) is 0 Å². The normalized spacial score (nSPS) is 12.5. The van der Waals surface area contributed by atoms with Gasteiger partial charge in [-0.3, -0.25) is 0 Å². The number of nitrogens with zero attached hydrogens (tertiary/aromatic N) is 1. The molecule has 0 fully saturated rings. The molecule has 43 heavy (non-hydrogen) atoms. The van der Waals surface area contributed by atoms with Crippen LogP contribution in [-0.2, 0) is 0 Å². The fourth-order valence-corrected chi connectivity index (χ4v) is 6.05. The largest absolute Gasteiger partial charge is 0.314 e. The molecule has 1 heteroatoms. The van der Waals surface area contributed by atoms with Crippen LogP contribution in [0.15, 0.2) is 182 Å². The SMILES string of the molecule is C1=CCCC(N(c2ccc(-c3ccccc3)c(-c3ccccc3)c2)c2ccc(-c3ccccc3)c(-c3ccccc3)c2)=C1. The second-order valence-corrected chi connectivity index (χ2v) is 10.9. The van der Waals surface area contributed by atoms with Crippen LogP contribution in [0.2, 0.25) is 0 Å². The molecular formula is C42H33N. The second-order valence-electron chi connectivity index (χ2n) is 10.9. The summed E-state index contributed by atoms with van der Waals surface area (Å²) in [6.45, 7) is 0. The molecule has 1 nitrogen and oxygen atoms in total. The molecule has 206 valence electrons. The van der Waals surface area contributed by atoms with E-state index in [1.807, 2.05) is 0 Å². The first-order valence-electron chi connectivity index (χ1n) is 15.0. The van der Waals surface area contributed by atoms with E-state index in [-0.39, 0.29) is 0 Å². The number of hydrogen-bond donors (Lipinski definition) is 0. The van der Waals surface area contributed by atoms with E-state index < -0.39 is 0 Å². The quantitative estimate of drug-likeness (QED) is 0.191. The first-order valence-corrected chi connectivity index (χ1v) is 15.0. The van der Waals surface area contributed by atoms with Crippen molar-refractivity contribution in [2.75, 3.05) is 4.90 Å². The molecule has 0 N–H and O–H groups in total. The molecule has 0 aromatic heterocycles. The minimum atomic E-state index is 0.985. The zero-order valence-corrected chi connectivity index (χ0v) is 24.1. The molecule has 0 spiro atoms. The summed E-state index contributed by atoms with van der Waals surface area (Å²) in [7, 11) is 0. The van der Waals surface area contributed by atoms with Crippen molar-refractivity contribution in [3.05, 3.63) is 182 Å². The predicted molar refractivity (Wildman–Crippen MR) is 183 cm³/mol. The van der Waals surface area contributed by atoms with Crippen molar-refractivity contribution in [1.29, 1.82) is 0 Å². The second kappa shape index (κ2) is 12.2. The Morgan fingerprint density at radius 3 is 1.16 bits per heavy atom. The van der Waals surface area contributed by atoms with Gasteiger partial charge in [0.25, 0.3) is 0 Å². The number of rotatable bonds is 7. The molecule has 6 aromatic carbocycles. The third kappa shape index (κ3) is 5.58. The molecule has 0 bridgehead atoms. The maximum atomic E-state index is 2.45. The lowest BCUT2D eigenvalue weighted by molar-refractivity contribution is 0.918. The van der Waals surface area contributed by atoms with Crippen molar-refractivity contribution in [2.24, 2.45) is 0 Å². The lowest BCUT2D eigenvalue weighted by atomic mass is 9.92. The molecule has 0 saturated carbocycles. The van der Waals surface area contributed by atoms with E-state index >= 15 is 0 Å².